The number of ether oxygens (including phenoxy) is 1. The van der Waals surface area contributed by atoms with Gasteiger partial charge in [0.05, 0.1) is 24.1 Å². The first-order valence-electron chi connectivity index (χ1n) is 10.6. The van der Waals surface area contributed by atoms with Crippen molar-refractivity contribution in [3.05, 3.63) is 77.2 Å². The fourth-order valence-corrected chi connectivity index (χ4v) is 4.84. The molecule has 0 aliphatic carbocycles. The Morgan fingerprint density at radius 2 is 1.91 bits per heavy atom. The lowest BCUT2D eigenvalue weighted by Crippen LogP contribution is -2.12. The van der Waals surface area contributed by atoms with Crippen molar-refractivity contribution in [3.63, 3.8) is 0 Å². The van der Waals surface area contributed by atoms with Crippen LogP contribution in [0.3, 0.4) is 0 Å². The van der Waals surface area contributed by atoms with Crippen molar-refractivity contribution < 1.29 is 9.53 Å². The smallest absolute Gasteiger partial charge is 0.226 e. The zero-order valence-corrected chi connectivity index (χ0v) is 20.4. The van der Waals surface area contributed by atoms with E-state index in [0.29, 0.717) is 21.5 Å². The maximum Gasteiger partial charge on any atom is 0.226 e. The molecule has 0 saturated heterocycles. The van der Waals surface area contributed by atoms with Crippen molar-refractivity contribution in [2.24, 2.45) is 0 Å². The van der Waals surface area contributed by atoms with Crippen LogP contribution >= 0.6 is 23.1 Å². The highest BCUT2D eigenvalue weighted by Gasteiger charge is 2.12. The molecule has 4 rings (SSSR count). The topological polar surface area (TPSA) is 87.9 Å². The molecule has 34 heavy (non-hydrogen) atoms. The van der Waals surface area contributed by atoms with Gasteiger partial charge in [-0.05, 0) is 31.2 Å². The molecule has 1 N–H and O–H groups in total. The van der Waals surface area contributed by atoms with Crippen LogP contribution < -0.4 is 10.1 Å². The minimum Gasteiger partial charge on any atom is -0.497 e. The zero-order chi connectivity index (χ0) is 23.9. The highest BCUT2D eigenvalue weighted by Crippen LogP contribution is 2.28. The molecule has 0 radical (unpaired) electrons. The van der Waals surface area contributed by atoms with E-state index in [1.807, 2.05) is 66.9 Å². The molecule has 2 aromatic heterocycles. The van der Waals surface area contributed by atoms with Crippen LogP contribution in [0, 0.1) is 18.3 Å². The van der Waals surface area contributed by atoms with Crippen LogP contribution in [0.1, 0.15) is 17.5 Å². The maximum atomic E-state index is 12.5. The highest BCUT2D eigenvalue weighted by atomic mass is 32.2. The highest BCUT2D eigenvalue weighted by molar-refractivity contribution is 7.99. The maximum absolute atomic E-state index is 12.5. The molecule has 4 aromatic rings. The predicted molar refractivity (Wildman–Crippen MR) is 137 cm³/mol. The lowest BCUT2D eigenvalue weighted by Gasteiger charge is -2.07. The summed E-state index contributed by atoms with van der Waals surface area (Å²) in [5.41, 5.74) is 5.18. The lowest BCUT2D eigenvalue weighted by atomic mass is 10.1. The largest absolute Gasteiger partial charge is 0.497 e. The van der Waals surface area contributed by atoms with Gasteiger partial charge in [-0.15, -0.1) is 23.1 Å². The van der Waals surface area contributed by atoms with Gasteiger partial charge in [-0.3, -0.25) is 4.79 Å². The number of nitriles is 1. The van der Waals surface area contributed by atoms with Gasteiger partial charge in [-0.25, -0.2) is 9.97 Å². The van der Waals surface area contributed by atoms with E-state index in [0.717, 1.165) is 28.3 Å². The normalized spacial score (nSPS) is 10.5. The number of carbonyl (C=O) groups excluding carboxylic acids is 1. The summed E-state index contributed by atoms with van der Waals surface area (Å²) in [6.45, 7) is 2.04. The van der Waals surface area contributed by atoms with Crippen molar-refractivity contribution in [3.8, 4) is 34.3 Å². The number of pyridine rings is 1. The molecule has 0 bridgehead atoms. The number of rotatable bonds is 8. The first kappa shape index (κ1) is 23.5. The van der Waals surface area contributed by atoms with E-state index in [1.54, 1.807) is 13.2 Å². The number of aromatic nitrogens is 2. The molecule has 2 aromatic carbocycles. The third-order valence-corrected chi connectivity index (χ3v) is 6.76. The first-order valence-corrected chi connectivity index (χ1v) is 12.4. The second-order valence-corrected chi connectivity index (χ2v) is 9.39. The van der Waals surface area contributed by atoms with E-state index >= 15 is 0 Å². The number of nitrogens with zero attached hydrogens (tertiary/aromatic N) is 3. The molecule has 1 amide bonds. The summed E-state index contributed by atoms with van der Waals surface area (Å²) in [7, 11) is 1.62. The molecule has 0 saturated carbocycles. The summed E-state index contributed by atoms with van der Waals surface area (Å²) in [6.07, 6.45) is 0.278. The molecule has 170 valence electrons. The van der Waals surface area contributed by atoms with Crippen molar-refractivity contribution in [2.75, 3.05) is 18.2 Å². The van der Waals surface area contributed by atoms with E-state index in [1.165, 1.54) is 28.7 Å². The molecular formula is C26H22N4O2S2. The summed E-state index contributed by atoms with van der Waals surface area (Å²) in [5.74, 6) is 1.12. The lowest BCUT2D eigenvalue weighted by molar-refractivity contribution is -0.115. The average Bonchev–Trinajstić information content (AvgIpc) is 3.33. The Labute approximate surface area is 206 Å². The van der Waals surface area contributed by atoms with Crippen LogP contribution in [0.4, 0.5) is 5.13 Å². The minimum absolute atomic E-state index is 0.132. The summed E-state index contributed by atoms with van der Waals surface area (Å²) < 4.78 is 5.26. The second kappa shape index (κ2) is 11.0. The van der Waals surface area contributed by atoms with Crippen LogP contribution in [0.25, 0.3) is 22.5 Å². The zero-order valence-electron chi connectivity index (χ0n) is 18.7. The molecule has 0 aliphatic rings. The molecule has 0 atom stereocenters. The first-order chi connectivity index (χ1) is 16.6. The number of methoxy groups -OCH3 is 1. The Morgan fingerprint density at radius 3 is 2.68 bits per heavy atom. The Balaban J connectivity index is 1.36. The van der Waals surface area contributed by atoms with Crippen molar-refractivity contribution in [1.82, 2.24) is 9.97 Å². The Morgan fingerprint density at radius 1 is 1.09 bits per heavy atom. The van der Waals surface area contributed by atoms with Gasteiger partial charge in [0, 0.05) is 28.7 Å². The van der Waals surface area contributed by atoms with Crippen molar-refractivity contribution in [2.45, 2.75) is 18.4 Å². The van der Waals surface area contributed by atoms with Crippen LogP contribution in [-0.4, -0.2) is 28.7 Å². The molecule has 8 heteroatoms. The van der Waals surface area contributed by atoms with Gasteiger partial charge in [0.2, 0.25) is 5.91 Å². The number of thioether (sulfide) groups is 1. The van der Waals surface area contributed by atoms with E-state index in [4.69, 9.17) is 4.74 Å². The van der Waals surface area contributed by atoms with Crippen molar-refractivity contribution >= 4 is 34.1 Å². The van der Waals surface area contributed by atoms with Crippen LogP contribution in [-0.2, 0) is 4.79 Å². The number of thiazole rings is 1. The van der Waals surface area contributed by atoms with E-state index in [9.17, 15) is 10.1 Å². The summed E-state index contributed by atoms with van der Waals surface area (Å²) in [6, 6.07) is 21.5. The molecule has 0 spiro atoms. The van der Waals surface area contributed by atoms with Gasteiger partial charge in [0.1, 0.15) is 16.8 Å². The Hall–Kier alpha value is -3.67. The van der Waals surface area contributed by atoms with Crippen LogP contribution in [0.5, 0.6) is 5.75 Å². The third-order valence-electron chi connectivity index (χ3n) is 5.01. The quantitative estimate of drug-likeness (QED) is 0.299. The number of hydrogen-bond acceptors (Lipinski definition) is 7. The third kappa shape index (κ3) is 5.81. The molecule has 6 nitrogen and oxygen atoms in total. The minimum atomic E-state index is -0.132. The second-order valence-electron chi connectivity index (χ2n) is 7.44. The van der Waals surface area contributed by atoms with Gasteiger partial charge in [0.25, 0.3) is 0 Å². The molecule has 0 unspecified atom stereocenters. The number of anilines is 1. The molecular weight excluding hydrogens is 464 g/mol. The molecule has 0 aliphatic heterocycles. The fourth-order valence-electron chi connectivity index (χ4n) is 3.19. The Bertz CT molecular complexity index is 1340. The van der Waals surface area contributed by atoms with Crippen molar-refractivity contribution in [1.29, 1.82) is 5.26 Å². The van der Waals surface area contributed by atoms with E-state index in [2.05, 4.69) is 21.4 Å². The summed E-state index contributed by atoms with van der Waals surface area (Å²) in [4.78, 5) is 21.6. The predicted octanol–water partition coefficient (Wildman–Crippen LogP) is 6.18. The number of carbonyl (C=O) groups is 1. The van der Waals surface area contributed by atoms with Gasteiger partial charge >= 0.3 is 0 Å². The monoisotopic (exact) mass is 486 g/mol. The Kier molecular flexibility index (Phi) is 7.58. The molecule has 0 fully saturated rings. The fraction of sp³-hybridized carbons (Fsp3) is 0.154. The van der Waals surface area contributed by atoms with Crippen LogP contribution in [0.15, 0.2) is 71.1 Å². The number of aryl methyl sites for hydroxylation is 1. The van der Waals surface area contributed by atoms with Gasteiger partial charge in [-0.1, -0.05) is 42.0 Å². The SMILES string of the molecule is COc1cccc(-c2csc(NC(=O)CCSc3nc(-c4ccc(C)cc4)ccc3C#N)n2)c1. The standard InChI is InChI=1S/C26H22N4O2S2/c1-17-6-8-18(9-7-17)22-11-10-20(15-27)25(28-22)33-13-12-24(31)30-26-29-23(16-34-26)19-4-3-5-21(14-19)32-2/h3-11,14,16H,12-13H2,1-2H3,(H,29,30,31). The molecule has 2 heterocycles. The van der Waals surface area contributed by atoms with E-state index < -0.39 is 0 Å². The number of amides is 1. The number of nitrogens with one attached hydrogen (secondary N) is 1. The summed E-state index contributed by atoms with van der Waals surface area (Å²) >= 11 is 2.78. The van der Waals surface area contributed by atoms with E-state index in [-0.39, 0.29) is 12.3 Å². The van der Waals surface area contributed by atoms with Gasteiger partial charge in [-0.2, -0.15) is 5.26 Å². The van der Waals surface area contributed by atoms with Gasteiger partial charge < -0.3 is 10.1 Å². The average molecular weight is 487 g/mol. The van der Waals surface area contributed by atoms with Crippen LogP contribution in [0.2, 0.25) is 0 Å². The number of benzene rings is 2. The van der Waals surface area contributed by atoms with Gasteiger partial charge in [0.15, 0.2) is 5.13 Å². The number of hydrogen-bond donors (Lipinski definition) is 1. The summed E-state index contributed by atoms with van der Waals surface area (Å²) in [5, 5.41) is 15.4.